The lowest BCUT2D eigenvalue weighted by molar-refractivity contribution is -0.137. The normalized spacial score (nSPS) is 19.1. The number of methoxy groups -OCH3 is 1. The Bertz CT molecular complexity index is 1360. The minimum Gasteiger partial charge on any atom is -0.497 e. The molecule has 1 aliphatic rings. The van der Waals surface area contributed by atoms with Crippen LogP contribution in [0.3, 0.4) is 0 Å². The van der Waals surface area contributed by atoms with Crippen LogP contribution >= 0.6 is 0 Å². The first-order valence-corrected chi connectivity index (χ1v) is 11.2. The zero-order valence-electron chi connectivity index (χ0n) is 19.9. The van der Waals surface area contributed by atoms with Gasteiger partial charge in [0.15, 0.2) is 0 Å². The molecule has 3 heterocycles. The molecular weight excluding hydrogens is 459 g/mol. The van der Waals surface area contributed by atoms with Gasteiger partial charge in [0.05, 0.1) is 23.9 Å². The van der Waals surface area contributed by atoms with E-state index in [9.17, 15) is 18.0 Å². The lowest BCUT2D eigenvalue weighted by atomic mass is 10.0. The molecule has 2 aromatic heterocycles. The predicted octanol–water partition coefficient (Wildman–Crippen LogP) is 4.61. The van der Waals surface area contributed by atoms with Gasteiger partial charge < -0.3 is 19.0 Å². The Morgan fingerprint density at radius 1 is 1.14 bits per heavy atom. The molecule has 3 aromatic rings. The van der Waals surface area contributed by atoms with E-state index in [2.05, 4.69) is 19.6 Å². The summed E-state index contributed by atoms with van der Waals surface area (Å²) in [4.78, 5) is 24.8. The Balaban J connectivity index is 1.65. The second-order valence-electron chi connectivity index (χ2n) is 8.92. The molecule has 0 N–H and O–H groups in total. The Labute approximate surface area is 201 Å². The third kappa shape index (κ3) is 4.82. The molecule has 0 spiro atoms. The molecule has 0 bridgehead atoms. The molecule has 0 radical (unpaired) electrons. The molecule has 2 atom stereocenters. The van der Waals surface area contributed by atoms with E-state index >= 15 is 0 Å². The highest BCUT2D eigenvalue weighted by molar-refractivity contribution is 5.89. The van der Waals surface area contributed by atoms with Gasteiger partial charge >= 0.3 is 6.18 Å². The van der Waals surface area contributed by atoms with E-state index in [1.165, 1.54) is 11.7 Å². The van der Waals surface area contributed by atoms with E-state index in [-0.39, 0.29) is 29.2 Å². The summed E-state index contributed by atoms with van der Waals surface area (Å²) in [5.41, 5.74) is 1.48. The van der Waals surface area contributed by atoms with E-state index in [0.717, 1.165) is 12.1 Å². The van der Waals surface area contributed by atoms with Crippen LogP contribution in [-0.2, 0) is 19.8 Å². The van der Waals surface area contributed by atoms with Crippen LogP contribution in [0, 0.1) is 6.57 Å². The second-order valence-corrected chi connectivity index (χ2v) is 8.92. The molecule has 7 nitrogen and oxygen atoms in total. The number of pyridine rings is 2. The van der Waals surface area contributed by atoms with Crippen LogP contribution in [0.2, 0.25) is 0 Å². The van der Waals surface area contributed by atoms with Crippen LogP contribution in [-0.4, -0.2) is 46.7 Å². The summed E-state index contributed by atoms with van der Waals surface area (Å²) in [6.45, 7) is 12.8. The smallest absolute Gasteiger partial charge is 0.416 e. The molecule has 0 unspecified atom stereocenters. The van der Waals surface area contributed by atoms with Crippen molar-refractivity contribution in [2.75, 3.05) is 25.1 Å². The van der Waals surface area contributed by atoms with Crippen LogP contribution in [0.5, 0.6) is 5.75 Å². The number of ether oxygens (including phenoxy) is 1. The van der Waals surface area contributed by atoms with Gasteiger partial charge in [-0.2, -0.15) is 13.2 Å². The summed E-state index contributed by atoms with van der Waals surface area (Å²) >= 11 is 0. The van der Waals surface area contributed by atoms with Crippen LogP contribution in [0.1, 0.15) is 25.0 Å². The molecule has 35 heavy (non-hydrogen) atoms. The maximum atomic E-state index is 13.4. The van der Waals surface area contributed by atoms with Crippen molar-refractivity contribution in [3.8, 4) is 5.75 Å². The fourth-order valence-electron chi connectivity index (χ4n) is 4.60. The number of alkyl halides is 3. The third-order valence-electron chi connectivity index (χ3n) is 6.51. The van der Waals surface area contributed by atoms with E-state index in [1.54, 1.807) is 31.3 Å². The van der Waals surface area contributed by atoms with Gasteiger partial charge in [-0.05, 0) is 49.7 Å². The first-order valence-electron chi connectivity index (χ1n) is 11.2. The fraction of sp³-hybridized carbons (Fsp3) is 0.400. The summed E-state index contributed by atoms with van der Waals surface area (Å²) in [7, 11) is 3.02. The number of rotatable bonds is 4. The fourth-order valence-corrected chi connectivity index (χ4v) is 4.60. The molecule has 1 aromatic carbocycles. The minimum atomic E-state index is -4.46. The summed E-state index contributed by atoms with van der Waals surface area (Å²) in [5.74, 6) is 0.415. The van der Waals surface area contributed by atoms with Crippen LogP contribution in [0.25, 0.3) is 15.9 Å². The van der Waals surface area contributed by atoms with Crippen molar-refractivity contribution < 1.29 is 17.9 Å². The van der Waals surface area contributed by atoms with Crippen molar-refractivity contribution in [2.24, 2.45) is 7.05 Å². The second kappa shape index (κ2) is 9.23. The monoisotopic (exact) mass is 485 g/mol. The number of nitrogens with zero attached hydrogens (tertiary/aromatic N) is 5. The minimum absolute atomic E-state index is 0.0186. The molecule has 1 fully saturated rings. The van der Waals surface area contributed by atoms with Crippen molar-refractivity contribution in [3.05, 3.63) is 69.3 Å². The number of anilines is 1. The summed E-state index contributed by atoms with van der Waals surface area (Å²) in [5, 5.41) is 0. The zero-order valence-corrected chi connectivity index (χ0v) is 19.9. The highest BCUT2D eigenvalue weighted by atomic mass is 19.4. The van der Waals surface area contributed by atoms with E-state index in [0.29, 0.717) is 41.9 Å². The maximum absolute atomic E-state index is 13.4. The van der Waals surface area contributed by atoms with E-state index < -0.39 is 11.7 Å². The average molecular weight is 486 g/mol. The van der Waals surface area contributed by atoms with Gasteiger partial charge in [-0.15, -0.1) is 4.98 Å². The molecule has 1 aliphatic heterocycles. The van der Waals surface area contributed by atoms with Gasteiger partial charge in [0.25, 0.3) is 11.4 Å². The van der Waals surface area contributed by atoms with Gasteiger partial charge in [0, 0.05) is 44.8 Å². The van der Waals surface area contributed by atoms with Crippen molar-refractivity contribution in [1.29, 1.82) is 0 Å². The van der Waals surface area contributed by atoms with E-state index in [1.807, 2.05) is 13.8 Å². The quantitative estimate of drug-likeness (QED) is 0.505. The molecule has 10 heteroatoms. The molecule has 4 rings (SSSR count). The SMILES string of the molecule is [C-]#[N+]c1ccc2c(n1)c(N1C[C@@H](C)N(Cc3cc(OC)cc(C(F)(F)F)c3)C[C@@H]1C)cc(=O)n2C. The van der Waals surface area contributed by atoms with Gasteiger partial charge in [-0.3, -0.25) is 9.69 Å². The van der Waals surface area contributed by atoms with Crippen molar-refractivity contribution in [2.45, 2.75) is 38.7 Å². The van der Waals surface area contributed by atoms with Crippen LogP contribution < -0.4 is 15.2 Å². The van der Waals surface area contributed by atoms with Crippen molar-refractivity contribution in [1.82, 2.24) is 14.5 Å². The Morgan fingerprint density at radius 3 is 2.54 bits per heavy atom. The Kier molecular flexibility index (Phi) is 6.47. The van der Waals surface area contributed by atoms with Gasteiger partial charge in [0.2, 0.25) is 5.52 Å². The highest BCUT2D eigenvalue weighted by Crippen LogP contribution is 2.34. The average Bonchev–Trinajstić information content (AvgIpc) is 2.82. The number of fused-ring (bicyclic) bond motifs is 1. The molecule has 1 saturated heterocycles. The number of aryl methyl sites for hydroxylation is 1. The summed E-state index contributed by atoms with van der Waals surface area (Å²) in [6, 6.07) is 8.58. The van der Waals surface area contributed by atoms with Crippen LogP contribution in [0.15, 0.2) is 41.2 Å². The number of piperazine rings is 1. The predicted molar refractivity (Wildman–Crippen MR) is 128 cm³/mol. The zero-order chi connectivity index (χ0) is 25.5. The van der Waals surface area contributed by atoms with Gasteiger partial charge in [-0.1, -0.05) is 6.57 Å². The maximum Gasteiger partial charge on any atom is 0.416 e. The Hall–Kier alpha value is -3.58. The molecule has 0 amide bonds. The van der Waals surface area contributed by atoms with Gasteiger partial charge in [-0.25, -0.2) is 0 Å². The molecular formula is C25H26F3N5O2. The lowest BCUT2D eigenvalue weighted by Gasteiger charge is -2.45. The third-order valence-corrected chi connectivity index (χ3v) is 6.51. The first kappa shape index (κ1) is 24.5. The molecule has 184 valence electrons. The Morgan fingerprint density at radius 2 is 1.89 bits per heavy atom. The van der Waals surface area contributed by atoms with Crippen molar-refractivity contribution >= 4 is 22.5 Å². The topological polar surface area (TPSA) is 55.0 Å². The lowest BCUT2D eigenvalue weighted by Crippen LogP contribution is -2.56. The molecule has 0 saturated carbocycles. The summed E-state index contributed by atoms with van der Waals surface area (Å²) in [6.07, 6.45) is -4.46. The number of hydrogen-bond donors (Lipinski definition) is 0. The number of benzene rings is 1. The van der Waals surface area contributed by atoms with Crippen molar-refractivity contribution in [3.63, 3.8) is 0 Å². The number of aromatic nitrogens is 2. The highest BCUT2D eigenvalue weighted by Gasteiger charge is 2.34. The van der Waals surface area contributed by atoms with Crippen LogP contribution in [0.4, 0.5) is 24.7 Å². The van der Waals surface area contributed by atoms with E-state index in [4.69, 9.17) is 11.3 Å². The standard InChI is InChI=1S/C25H26F3N5O2/c1-15-13-33(21-11-23(34)31(4)20-6-7-22(29-3)30-24(20)21)16(2)12-32(15)14-17-8-18(25(26,27)28)10-19(9-17)35-5/h6-11,15-16H,12-14H2,1-2,4-5H3/t15-,16+/m1/s1. The molecule has 0 aliphatic carbocycles. The number of hydrogen-bond acceptors (Lipinski definition) is 5. The summed E-state index contributed by atoms with van der Waals surface area (Å²) < 4.78 is 46.7. The van der Waals surface area contributed by atoms with Gasteiger partial charge in [0.1, 0.15) is 5.75 Å². The first-order chi connectivity index (χ1) is 16.5. The number of halogens is 3. The largest absolute Gasteiger partial charge is 0.497 e.